The molecule has 0 spiro atoms. The average molecular weight is 172 g/mol. The molecule has 0 saturated heterocycles. The van der Waals surface area contributed by atoms with Crippen LogP contribution in [-0.4, -0.2) is 16.7 Å². The van der Waals surface area contributed by atoms with Crippen molar-refractivity contribution < 1.29 is 0 Å². The fourth-order valence-corrected chi connectivity index (χ4v) is 1.11. The molecule has 1 aromatic heterocycles. The van der Waals surface area contributed by atoms with Crippen LogP contribution in [0.15, 0.2) is 0 Å². The van der Waals surface area contributed by atoms with Gasteiger partial charge in [-0.2, -0.15) is 0 Å². The summed E-state index contributed by atoms with van der Waals surface area (Å²) in [4.78, 5) is 0. The van der Waals surface area contributed by atoms with Crippen LogP contribution in [0.4, 0.5) is 10.3 Å². The Morgan fingerprint density at radius 3 is 2.73 bits per heavy atom. The van der Waals surface area contributed by atoms with E-state index < -0.39 is 0 Å². The van der Waals surface area contributed by atoms with Gasteiger partial charge in [0.05, 0.1) is 0 Å². The molecular weight excluding hydrogens is 160 g/mol. The fraction of sp³-hybridized carbons (Fsp3) is 0.667. The molecule has 11 heavy (non-hydrogen) atoms. The standard InChI is InChI=1S/C6H12N4S/c1-4(2)3-8-6-10-9-5(7)11-6/h4H,3H2,1-2H3,(H2,7,9)(H,8,10). The van der Waals surface area contributed by atoms with E-state index >= 15 is 0 Å². The lowest BCUT2D eigenvalue weighted by Gasteiger charge is -2.03. The lowest BCUT2D eigenvalue weighted by Crippen LogP contribution is -2.07. The second-order valence-electron chi connectivity index (χ2n) is 2.72. The fourth-order valence-electron chi connectivity index (χ4n) is 0.597. The largest absolute Gasteiger partial charge is 0.374 e. The molecule has 0 saturated carbocycles. The molecule has 0 bridgehead atoms. The van der Waals surface area contributed by atoms with E-state index in [4.69, 9.17) is 5.73 Å². The summed E-state index contributed by atoms with van der Waals surface area (Å²) in [5, 5.41) is 11.9. The number of aromatic nitrogens is 2. The molecule has 0 atom stereocenters. The highest BCUT2D eigenvalue weighted by Crippen LogP contribution is 2.16. The molecule has 0 amide bonds. The van der Waals surface area contributed by atoms with Crippen LogP contribution >= 0.6 is 11.3 Å². The van der Waals surface area contributed by atoms with Gasteiger partial charge < -0.3 is 11.1 Å². The highest BCUT2D eigenvalue weighted by atomic mass is 32.1. The number of nitrogens with two attached hydrogens (primary N) is 1. The van der Waals surface area contributed by atoms with Crippen molar-refractivity contribution in [3.63, 3.8) is 0 Å². The van der Waals surface area contributed by atoms with Gasteiger partial charge >= 0.3 is 0 Å². The van der Waals surface area contributed by atoms with Gasteiger partial charge in [0.15, 0.2) is 0 Å². The van der Waals surface area contributed by atoms with Crippen LogP contribution in [0.25, 0.3) is 0 Å². The van der Waals surface area contributed by atoms with Crippen molar-refractivity contribution in [3.8, 4) is 0 Å². The van der Waals surface area contributed by atoms with Crippen LogP contribution in [0.2, 0.25) is 0 Å². The summed E-state index contributed by atoms with van der Waals surface area (Å²) in [6.07, 6.45) is 0. The number of anilines is 2. The first-order chi connectivity index (χ1) is 5.18. The first-order valence-electron chi connectivity index (χ1n) is 3.51. The van der Waals surface area contributed by atoms with Gasteiger partial charge in [0, 0.05) is 6.54 Å². The van der Waals surface area contributed by atoms with Gasteiger partial charge in [-0.1, -0.05) is 25.2 Å². The van der Waals surface area contributed by atoms with Crippen molar-refractivity contribution in [2.45, 2.75) is 13.8 Å². The van der Waals surface area contributed by atoms with Crippen LogP contribution < -0.4 is 11.1 Å². The second-order valence-corrected chi connectivity index (χ2v) is 3.73. The van der Waals surface area contributed by atoms with Crippen molar-refractivity contribution in [2.75, 3.05) is 17.6 Å². The normalized spacial score (nSPS) is 10.5. The average Bonchev–Trinajstić information content (AvgIpc) is 2.31. The maximum Gasteiger partial charge on any atom is 0.207 e. The Morgan fingerprint density at radius 2 is 2.27 bits per heavy atom. The van der Waals surface area contributed by atoms with Gasteiger partial charge in [0.1, 0.15) is 0 Å². The zero-order valence-electron chi connectivity index (χ0n) is 6.66. The summed E-state index contributed by atoms with van der Waals surface area (Å²) in [6.45, 7) is 5.18. The lowest BCUT2D eigenvalue weighted by molar-refractivity contribution is 0.687. The molecule has 0 radical (unpaired) electrons. The summed E-state index contributed by atoms with van der Waals surface area (Å²) in [7, 11) is 0. The minimum Gasteiger partial charge on any atom is -0.374 e. The molecule has 5 heteroatoms. The van der Waals surface area contributed by atoms with E-state index in [9.17, 15) is 0 Å². The Kier molecular flexibility index (Phi) is 2.64. The topological polar surface area (TPSA) is 63.8 Å². The molecule has 1 heterocycles. The quantitative estimate of drug-likeness (QED) is 0.718. The molecule has 1 aromatic rings. The maximum atomic E-state index is 5.39. The summed E-state index contributed by atoms with van der Waals surface area (Å²) in [5.74, 6) is 0.611. The molecule has 0 unspecified atom stereocenters. The summed E-state index contributed by atoms with van der Waals surface area (Å²) in [6, 6.07) is 0. The number of hydrogen-bond acceptors (Lipinski definition) is 5. The SMILES string of the molecule is CC(C)CNc1nnc(N)s1. The van der Waals surface area contributed by atoms with E-state index in [1.807, 2.05) is 0 Å². The van der Waals surface area contributed by atoms with Gasteiger partial charge in [-0.15, -0.1) is 10.2 Å². The molecule has 0 aliphatic rings. The van der Waals surface area contributed by atoms with E-state index in [0.29, 0.717) is 11.0 Å². The monoisotopic (exact) mass is 172 g/mol. The molecule has 0 fully saturated rings. The molecule has 0 aliphatic carbocycles. The summed E-state index contributed by atoms with van der Waals surface area (Å²) in [5.41, 5.74) is 5.39. The second kappa shape index (κ2) is 3.52. The van der Waals surface area contributed by atoms with Crippen LogP contribution in [0, 0.1) is 5.92 Å². The zero-order valence-corrected chi connectivity index (χ0v) is 7.48. The molecule has 4 nitrogen and oxygen atoms in total. The van der Waals surface area contributed by atoms with Crippen LogP contribution in [0.5, 0.6) is 0 Å². The number of hydrogen-bond donors (Lipinski definition) is 2. The van der Waals surface area contributed by atoms with Gasteiger partial charge in [0.2, 0.25) is 10.3 Å². The van der Waals surface area contributed by atoms with Crippen molar-refractivity contribution in [2.24, 2.45) is 5.92 Å². The van der Waals surface area contributed by atoms with Gasteiger partial charge in [-0.05, 0) is 5.92 Å². The summed E-state index contributed by atoms with van der Waals surface area (Å²) >= 11 is 1.37. The Morgan fingerprint density at radius 1 is 1.55 bits per heavy atom. The molecule has 3 N–H and O–H groups in total. The van der Waals surface area contributed by atoms with Crippen LogP contribution in [-0.2, 0) is 0 Å². The Balaban J connectivity index is 2.39. The molecular formula is C6H12N4S. The number of nitrogen functional groups attached to an aromatic ring is 1. The Hall–Kier alpha value is -0.840. The minimum atomic E-state index is 0.510. The third-order valence-corrected chi connectivity index (χ3v) is 1.81. The Bertz CT molecular complexity index is 220. The maximum absolute atomic E-state index is 5.39. The van der Waals surface area contributed by atoms with Gasteiger partial charge in [-0.25, -0.2) is 0 Å². The molecule has 1 rings (SSSR count). The highest BCUT2D eigenvalue weighted by Gasteiger charge is 1.99. The van der Waals surface area contributed by atoms with E-state index in [1.165, 1.54) is 11.3 Å². The molecule has 0 aliphatic heterocycles. The highest BCUT2D eigenvalue weighted by molar-refractivity contribution is 7.18. The molecule has 62 valence electrons. The third-order valence-electron chi connectivity index (χ3n) is 1.10. The van der Waals surface area contributed by atoms with Crippen molar-refractivity contribution in [1.82, 2.24) is 10.2 Å². The van der Waals surface area contributed by atoms with Crippen molar-refractivity contribution >= 4 is 21.6 Å². The van der Waals surface area contributed by atoms with Crippen LogP contribution in [0.1, 0.15) is 13.8 Å². The predicted octanol–water partition coefficient (Wildman–Crippen LogP) is 1.19. The summed E-state index contributed by atoms with van der Waals surface area (Å²) < 4.78 is 0. The third kappa shape index (κ3) is 2.71. The number of rotatable bonds is 3. The van der Waals surface area contributed by atoms with Gasteiger partial charge in [0.25, 0.3) is 0 Å². The smallest absolute Gasteiger partial charge is 0.207 e. The number of nitrogens with zero attached hydrogens (tertiary/aromatic N) is 2. The first-order valence-corrected chi connectivity index (χ1v) is 4.33. The van der Waals surface area contributed by atoms with E-state index in [0.717, 1.165) is 11.7 Å². The van der Waals surface area contributed by atoms with E-state index in [2.05, 4.69) is 29.4 Å². The predicted molar refractivity (Wildman–Crippen MR) is 47.6 cm³/mol. The zero-order chi connectivity index (χ0) is 8.27. The van der Waals surface area contributed by atoms with Crippen molar-refractivity contribution in [1.29, 1.82) is 0 Å². The van der Waals surface area contributed by atoms with Crippen molar-refractivity contribution in [3.05, 3.63) is 0 Å². The van der Waals surface area contributed by atoms with Gasteiger partial charge in [-0.3, -0.25) is 0 Å². The molecule has 0 aromatic carbocycles. The van der Waals surface area contributed by atoms with Crippen LogP contribution in [0.3, 0.4) is 0 Å². The number of nitrogens with one attached hydrogen (secondary N) is 1. The lowest BCUT2D eigenvalue weighted by atomic mass is 10.2. The first kappa shape index (κ1) is 8.26. The Labute approximate surface area is 69.8 Å². The van der Waals surface area contributed by atoms with E-state index in [1.54, 1.807) is 0 Å². The van der Waals surface area contributed by atoms with E-state index in [-0.39, 0.29) is 0 Å². The minimum absolute atomic E-state index is 0.510.